The molecule has 0 bridgehead atoms. The molecule has 2 aliphatic rings. The Morgan fingerprint density at radius 1 is 1.10 bits per heavy atom. The van der Waals surface area contributed by atoms with E-state index >= 15 is 0 Å². The van der Waals surface area contributed by atoms with Crippen LogP contribution in [0.25, 0.3) is 0 Å². The minimum absolute atomic E-state index is 0.00327. The van der Waals surface area contributed by atoms with Gasteiger partial charge in [0.1, 0.15) is 0 Å². The summed E-state index contributed by atoms with van der Waals surface area (Å²) in [4.78, 5) is 13.0. The van der Waals surface area contributed by atoms with E-state index in [2.05, 4.69) is 24.4 Å². The SMILES string of the molecule is CCO[C@@]12CC[C@@H](c3ccc(Cl)cc3Cl)[C@H](c3ccc(Cl)cc3)[C@@H]1[C@@H](C)NC2=O. The van der Waals surface area contributed by atoms with Crippen molar-refractivity contribution in [3.05, 3.63) is 68.7 Å². The van der Waals surface area contributed by atoms with Crippen LogP contribution in [0.15, 0.2) is 42.5 Å². The highest BCUT2D eigenvalue weighted by atomic mass is 35.5. The van der Waals surface area contributed by atoms with Crippen LogP contribution >= 0.6 is 34.8 Å². The summed E-state index contributed by atoms with van der Waals surface area (Å²) in [6, 6.07) is 13.6. The molecule has 4 rings (SSSR count). The number of rotatable bonds is 4. The van der Waals surface area contributed by atoms with Gasteiger partial charge in [0.2, 0.25) is 0 Å². The van der Waals surface area contributed by atoms with Gasteiger partial charge < -0.3 is 10.1 Å². The van der Waals surface area contributed by atoms with Crippen LogP contribution in [0.5, 0.6) is 0 Å². The summed E-state index contributed by atoms with van der Waals surface area (Å²) in [6.45, 7) is 4.51. The first-order valence-electron chi connectivity index (χ1n) is 10.0. The van der Waals surface area contributed by atoms with Crippen LogP contribution in [0.4, 0.5) is 0 Å². The van der Waals surface area contributed by atoms with Crippen molar-refractivity contribution < 1.29 is 9.53 Å². The first-order chi connectivity index (χ1) is 13.9. The summed E-state index contributed by atoms with van der Waals surface area (Å²) in [6.07, 6.45) is 1.46. The predicted molar refractivity (Wildman–Crippen MR) is 118 cm³/mol. The molecule has 0 aromatic heterocycles. The van der Waals surface area contributed by atoms with Crippen LogP contribution in [-0.4, -0.2) is 24.2 Å². The van der Waals surface area contributed by atoms with Crippen molar-refractivity contribution in [3.8, 4) is 0 Å². The summed E-state index contributed by atoms with van der Waals surface area (Å²) < 4.78 is 6.19. The molecule has 1 aliphatic carbocycles. The quantitative estimate of drug-likeness (QED) is 0.598. The van der Waals surface area contributed by atoms with Gasteiger partial charge in [-0.15, -0.1) is 0 Å². The molecule has 5 atom stereocenters. The lowest BCUT2D eigenvalue weighted by Gasteiger charge is -2.47. The van der Waals surface area contributed by atoms with E-state index in [0.717, 1.165) is 17.5 Å². The third-order valence-corrected chi connectivity index (χ3v) is 7.30. The van der Waals surface area contributed by atoms with Crippen LogP contribution in [0.2, 0.25) is 15.1 Å². The number of nitrogens with one attached hydrogen (secondary N) is 1. The number of ether oxygens (including phenoxy) is 1. The molecule has 1 saturated heterocycles. The molecule has 1 amide bonds. The van der Waals surface area contributed by atoms with Crippen LogP contribution in [-0.2, 0) is 9.53 Å². The van der Waals surface area contributed by atoms with Gasteiger partial charge in [-0.2, -0.15) is 0 Å². The maximum atomic E-state index is 13.0. The van der Waals surface area contributed by atoms with Crippen LogP contribution in [0.1, 0.15) is 49.7 Å². The Hall–Kier alpha value is -1.26. The highest BCUT2D eigenvalue weighted by molar-refractivity contribution is 6.35. The van der Waals surface area contributed by atoms with Gasteiger partial charge in [0.15, 0.2) is 5.60 Å². The Balaban J connectivity index is 1.86. The zero-order valence-electron chi connectivity index (χ0n) is 16.4. The molecule has 2 aromatic carbocycles. The molecule has 0 unspecified atom stereocenters. The molecule has 1 aliphatic heterocycles. The Morgan fingerprint density at radius 2 is 1.79 bits per heavy atom. The van der Waals surface area contributed by atoms with E-state index < -0.39 is 5.60 Å². The monoisotopic (exact) mass is 451 g/mol. The highest BCUT2D eigenvalue weighted by Crippen LogP contribution is 2.57. The van der Waals surface area contributed by atoms with E-state index in [4.69, 9.17) is 39.5 Å². The second kappa shape index (κ2) is 8.11. The highest BCUT2D eigenvalue weighted by Gasteiger charge is 2.61. The van der Waals surface area contributed by atoms with Gasteiger partial charge in [-0.1, -0.05) is 53.0 Å². The Bertz CT molecular complexity index is 917. The van der Waals surface area contributed by atoms with Crippen molar-refractivity contribution in [3.63, 3.8) is 0 Å². The lowest BCUT2D eigenvalue weighted by molar-refractivity contribution is -0.153. The number of carbonyl (C=O) groups excluding carboxylic acids is 1. The smallest absolute Gasteiger partial charge is 0.252 e. The molecule has 1 saturated carbocycles. The number of amides is 1. The summed E-state index contributed by atoms with van der Waals surface area (Å²) in [7, 11) is 0. The standard InChI is InChI=1S/C23H24Cl3NO2/c1-3-29-23-11-10-18(17-9-8-16(25)12-19(17)26)20(14-4-6-15(24)7-5-14)21(23)13(2)27-22(23)28/h4-9,12-13,18,20-21H,3,10-11H2,1-2H3,(H,27,28)/t13-,18+,20+,21+,23+/m1/s1. The first-order valence-corrected chi connectivity index (χ1v) is 11.2. The largest absolute Gasteiger partial charge is 0.365 e. The fourth-order valence-corrected chi connectivity index (χ4v) is 6.10. The number of benzene rings is 2. The molecular weight excluding hydrogens is 429 g/mol. The maximum absolute atomic E-state index is 13.0. The van der Waals surface area contributed by atoms with E-state index in [1.807, 2.05) is 31.2 Å². The lowest BCUT2D eigenvalue weighted by Crippen LogP contribution is -2.51. The van der Waals surface area contributed by atoms with Crippen molar-refractivity contribution in [1.82, 2.24) is 5.32 Å². The molecule has 2 fully saturated rings. The summed E-state index contributed by atoms with van der Waals surface area (Å²) in [5.41, 5.74) is 1.39. The molecule has 0 spiro atoms. The molecule has 154 valence electrons. The molecule has 6 heteroatoms. The van der Waals surface area contributed by atoms with E-state index in [0.29, 0.717) is 28.1 Å². The maximum Gasteiger partial charge on any atom is 0.252 e. The Morgan fingerprint density at radius 3 is 2.45 bits per heavy atom. The zero-order valence-corrected chi connectivity index (χ0v) is 18.7. The number of fused-ring (bicyclic) bond motifs is 1. The van der Waals surface area contributed by atoms with Crippen LogP contribution in [0, 0.1) is 5.92 Å². The first kappa shape index (κ1) is 21.0. The Labute approximate surface area is 186 Å². The lowest BCUT2D eigenvalue weighted by atomic mass is 9.59. The zero-order chi connectivity index (χ0) is 20.8. The fourth-order valence-electron chi connectivity index (χ4n) is 5.42. The van der Waals surface area contributed by atoms with Crippen molar-refractivity contribution in [2.24, 2.45) is 5.92 Å². The molecule has 0 radical (unpaired) electrons. The van der Waals surface area contributed by atoms with Gasteiger partial charge in [-0.05, 0) is 73.9 Å². The number of hydrogen-bond acceptors (Lipinski definition) is 2. The third kappa shape index (κ3) is 3.57. The van der Waals surface area contributed by atoms with Gasteiger partial charge in [0.05, 0.1) is 0 Å². The van der Waals surface area contributed by atoms with Crippen molar-refractivity contribution in [2.45, 2.75) is 50.2 Å². The Kier molecular flexibility index (Phi) is 5.87. The minimum Gasteiger partial charge on any atom is -0.365 e. The normalized spacial score (nSPS) is 31.4. The van der Waals surface area contributed by atoms with Crippen LogP contribution in [0.3, 0.4) is 0 Å². The van der Waals surface area contributed by atoms with Gasteiger partial charge >= 0.3 is 0 Å². The summed E-state index contributed by atoms with van der Waals surface area (Å²) >= 11 is 18.9. The molecule has 1 N–H and O–H groups in total. The summed E-state index contributed by atoms with van der Waals surface area (Å²) in [5.74, 6) is 0.188. The molecule has 1 heterocycles. The van der Waals surface area contributed by atoms with Gasteiger partial charge in [0.25, 0.3) is 5.91 Å². The molecule has 29 heavy (non-hydrogen) atoms. The van der Waals surface area contributed by atoms with Gasteiger partial charge in [-0.25, -0.2) is 0 Å². The molecule has 3 nitrogen and oxygen atoms in total. The third-order valence-electron chi connectivity index (χ3n) is 6.49. The van der Waals surface area contributed by atoms with Gasteiger partial charge in [-0.3, -0.25) is 4.79 Å². The van der Waals surface area contributed by atoms with E-state index in [1.54, 1.807) is 6.07 Å². The number of halogens is 3. The van der Waals surface area contributed by atoms with E-state index in [-0.39, 0.29) is 29.7 Å². The minimum atomic E-state index is -0.812. The predicted octanol–water partition coefficient (Wildman–Crippen LogP) is 6.22. The topological polar surface area (TPSA) is 38.3 Å². The van der Waals surface area contributed by atoms with Crippen molar-refractivity contribution in [1.29, 1.82) is 0 Å². The fraction of sp³-hybridized carbons (Fsp3) is 0.435. The van der Waals surface area contributed by atoms with Crippen molar-refractivity contribution >= 4 is 40.7 Å². The van der Waals surface area contributed by atoms with E-state index in [1.165, 1.54) is 0 Å². The second-order valence-electron chi connectivity index (χ2n) is 8.00. The average molecular weight is 453 g/mol. The van der Waals surface area contributed by atoms with E-state index in [9.17, 15) is 4.79 Å². The second-order valence-corrected chi connectivity index (χ2v) is 9.28. The number of hydrogen-bond donors (Lipinski definition) is 1. The number of carbonyl (C=O) groups is 1. The van der Waals surface area contributed by atoms with Crippen molar-refractivity contribution in [2.75, 3.05) is 6.61 Å². The van der Waals surface area contributed by atoms with Gasteiger partial charge in [0, 0.05) is 33.6 Å². The molecule has 2 aromatic rings. The molecular formula is C23H24Cl3NO2. The van der Waals surface area contributed by atoms with Crippen LogP contribution < -0.4 is 5.32 Å². The summed E-state index contributed by atoms with van der Waals surface area (Å²) in [5, 5.41) is 5.12. The average Bonchev–Trinajstić information content (AvgIpc) is 2.93.